The molecule has 7 heteroatoms. The summed E-state index contributed by atoms with van der Waals surface area (Å²) in [5, 5.41) is 8.68. The van der Waals surface area contributed by atoms with Gasteiger partial charge in [0.05, 0.1) is 4.88 Å². The molecule has 6 nitrogen and oxygen atoms in total. The Morgan fingerprint density at radius 2 is 1.62 bits per heavy atom. The first kappa shape index (κ1) is 21.8. The minimum absolute atomic E-state index is 0.103. The van der Waals surface area contributed by atoms with Gasteiger partial charge in [0.2, 0.25) is 0 Å². The molecule has 1 fully saturated rings. The zero-order chi connectivity index (χ0) is 22.7. The van der Waals surface area contributed by atoms with Crippen LogP contribution in [-0.2, 0) is 0 Å². The SMILES string of the molecule is CCNC(=O)c1ccc(-c2ccc(C(=O)Nc3cc(C(=O)NC4CC4)ccc3C)s2)cc1. The van der Waals surface area contributed by atoms with E-state index in [1.807, 2.05) is 38.1 Å². The minimum atomic E-state index is -0.219. The third-order valence-electron chi connectivity index (χ3n) is 5.26. The maximum Gasteiger partial charge on any atom is 0.265 e. The van der Waals surface area contributed by atoms with Crippen LogP contribution < -0.4 is 16.0 Å². The number of aryl methyl sites for hydroxylation is 1. The lowest BCUT2D eigenvalue weighted by Crippen LogP contribution is -2.25. The quantitative estimate of drug-likeness (QED) is 0.494. The molecule has 1 aliphatic carbocycles. The molecule has 0 bridgehead atoms. The first-order valence-electron chi connectivity index (χ1n) is 10.7. The van der Waals surface area contributed by atoms with Crippen LogP contribution in [-0.4, -0.2) is 30.3 Å². The van der Waals surface area contributed by atoms with E-state index in [1.165, 1.54) is 11.3 Å². The van der Waals surface area contributed by atoms with Crippen molar-refractivity contribution in [2.24, 2.45) is 0 Å². The van der Waals surface area contributed by atoms with E-state index in [9.17, 15) is 14.4 Å². The largest absolute Gasteiger partial charge is 0.352 e. The topological polar surface area (TPSA) is 87.3 Å². The van der Waals surface area contributed by atoms with Crippen molar-refractivity contribution in [2.45, 2.75) is 32.7 Å². The van der Waals surface area contributed by atoms with Gasteiger partial charge in [-0.25, -0.2) is 0 Å². The molecule has 1 aromatic heterocycles. The van der Waals surface area contributed by atoms with Crippen molar-refractivity contribution in [3.63, 3.8) is 0 Å². The van der Waals surface area contributed by atoms with Gasteiger partial charge in [0.25, 0.3) is 17.7 Å². The van der Waals surface area contributed by atoms with E-state index < -0.39 is 0 Å². The molecule has 164 valence electrons. The van der Waals surface area contributed by atoms with Crippen LogP contribution >= 0.6 is 11.3 Å². The molecular weight excluding hydrogens is 422 g/mol. The molecule has 2 aromatic carbocycles. The molecule has 0 saturated heterocycles. The van der Waals surface area contributed by atoms with E-state index in [1.54, 1.807) is 30.3 Å². The normalized spacial score (nSPS) is 12.8. The van der Waals surface area contributed by atoms with Gasteiger partial charge in [-0.2, -0.15) is 0 Å². The Morgan fingerprint density at radius 3 is 2.31 bits per heavy atom. The second kappa shape index (κ2) is 9.36. The number of benzene rings is 2. The maximum atomic E-state index is 12.8. The summed E-state index contributed by atoms with van der Waals surface area (Å²) in [6, 6.07) is 16.6. The van der Waals surface area contributed by atoms with E-state index in [-0.39, 0.29) is 23.8 Å². The Morgan fingerprint density at radius 1 is 0.906 bits per heavy atom. The fourth-order valence-corrected chi connectivity index (χ4v) is 4.15. The molecule has 0 unspecified atom stereocenters. The predicted octanol–water partition coefficient (Wildman–Crippen LogP) is 4.62. The molecule has 0 atom stereocenters. The van der Waals surface area contributed by atoms with Crippen LogP contribution in [0.15, 0.2) is 54.6 Å². The number of nitrogens with one attached hydrogen (secondary N) is 3. The Bertz CT molecular complexity index is 1160. The number of hydrogen-bond donors (Lipinski definition) is 3. The van der Waals surface area contributed by atoms with Crippen molar-refractivity contribution in [3.05, 3.63) is 76.2 Å². The molecule has 0 spiro atoms. The first-order chi connectivity index (χ1) is 15.4. The van der Waals surface area contributed by atoms with E-state index in [4.69, 9.17) is 0 Å². The van der Waals surface area contributed by atoms with Crippen LogP contribution in [0, 0.1) is 6.92 Å². The zero-order valence-corrected chi connectivity index (χ0v) is 18.8. The van der Waals surface area contributed by atoms with Gasteiger partial charge in [-0.1, -0.05) is 18.2 Å². The van der Waals surface area contributed by atoms with Gasteiger partial charge in [0.1, 0.15) is 0 Å². The predicted molar refractivity (Wildman–Crippen MR) is 127 cm³/mol. The summed E-state index contributed by atoms with van der Waals surface area (Å²) in [6.07, 6.45) is 2.05. The second-order valence-electron chi connectivity index (χ2n) is 7.83. The van der Waals surface area contributed by atoms with Crippen LogP contribution in [0.4, 0.5) is 5.69 Å². The van der Waals surface area contributed by atoms with Crippen molar-refractivity contribution in [3.8, 4) is 10.4 Å². The molecule has 3 amide bonds. The highest BCUT2D eigenvalue weighted by Gasteiger charge is 2.24. The fraction of sp³-hybridized carbons (Fsp3) is 0.240. The molecule has 1 heterocycles. The van der Waals surface area contributed by atoms with Crippen LogP contribution in [0.2, 0.25) is 0 Å². The van der Waals surface area contributed by atoms with E-state index >= 15 is 0 Å². The summed E-state index contributed by atoms with van der Waals surface area (Å²) < 4.78 is 0. The highest BCUT2D eigenvalue weighted by Crippen LogP contribution is 2.29. The van der Waals surface area contributed by atoms with Gasteiger partial charge in [0, 0.05) is 34.3 Å². The van der Waals surface area contributed by atoms with E-state index in [2.05, 4.69) is 16.0 Å². The highest BCUT2D eigenvalue weighted by atomic mass is 32.1. The Hall–Kier alpha value is -3.45. The highest BCUT2D eigenvalue weighted by molar-refractivity contribution is 7.17. The average Bonchev–Trinajstić information content (AvgIpc) is 3.46. The standard InChI is InChI=1S/C25H25N3O3S/c1-3-26-23(29)17-8-6-16(7-9-17)21-12-13-22(32-21)25(31)28-20-14-18(5-4-15(20)2)24(30)27-19-10-11-19/h4-9,12-14,19H,3,10-11H2,1-2H3,(H,26,29)(H,27,30)(H,28,31). The van der Waals surface area contributed by atoms with Gasteiger partial charge >= 0.3 is 0 Å². The number of thiophene rings is 1. The number of carbonyl (C=O) groups excluding carboxylic acids is 3. The summed E-state index contributed by atoms with van der Waals surface area (Å²) in [6.45, 7) is 4.36. The molecule has 4 rings (SSSR count). The second-order valence-corrected chi connectivity index (χ2v) is 8.92. The first-order valence-corrected chi connectivity index (χ1v) is 11.5. The van der Waals surface area contributed by atoms with Crippen molar-refractivity contribution >= 4 is 34.7 Å². The van der Waals surface area contributed by atoms with Crippen LogP contribution in [0.3, 0.4) is 0 Å². The number of carbonyl (C=O) groups is 3. The van der Waals surface area contributed by atoms with Crippen molar-refractivity contribution in [2.75, 3.05) is 11.9 Å². The lowest BCUT2D eigenvalue weighted by molar-refractivity contribution is 0.0944. The summed E-state index contributed by atoms with van der Waals surface area (Å²) >= 11 is 1.38. The van der Waals surface area contributed by atoms with Crippen molar-refractivity contribution in [1.82, 2.24) is 10.6 Å². The van der Waals surface area contributed by atoms with Crippen molar-refractivity contribution in [1.29, 1.82) is 0 Å². The Balaban J connectivity index is 1.46. The summed E-state index contributed by atoms with van der Waals surface area (Å²) in [5.74, 6) is -0.436. The third-order valence-corrected chi connectivity index (χ3v) is 6.39. The molecule has 0 aliphatic heterocycles. The summed E-state index contributed by atoms with van der Waals surface area (Å²) in [7, 11) is 0. The Labute approximate surface area is 191 Å². The van der Waals surface area contributed by atoms with Gasteiger partial charge < -0.3 is 16.0 Å². The van der Waals surface area contributed by atoms with Gasteiger partial charge in [-0.05, 0) is 74.2 Å². The smallest absolute Gasteiger partial charge is 0.265 e. The minimum Gasteiger partial charge on any atom is -0.352 e. The molecule has 32 heavy (non-hydrogen) atoms. The molecule has 3 aromatic rings. The fourth-order valence-electron chi connectivity index (χ4n) is 3.24. The zero-order valence-electron chi connectivity index (χ0n) is 18.0. The van der Waals surface area contributed by atoms with E-state index in [0.29, 0.717) is 28.2 Å². The number of anilines is 1. The number of hydrogen-bond acceptors (Lipinski definition) is 4. The third kappa shape index (κ3) is 5.06. The molecule has 1 aliphatic rings. The lowest BCUT2D eigenvalue weighted by atomic mass is 10.1. The van der Waals surface area contributed by atoms with Crippen LogP contribution in [0.1, 0.15) is 55.7 Å². The average molecular weight is 448 g/mol. The molecule has 0 radical (unpaired) electrons. The molecular formula is C25H25N3O3S. The summed E-state index contributed by atoms with van der Waals surface area (Å²) in [5.41, 5.74) is 3.60. The summed E-state index contributed by atoms with van der Waals surface area (Å²) in [4.78, 5) is 38.6. The van der Waals surface area contributed by atoms with Crippen LogP contribution in [0.5, 0.6) is 0 Å². The van der Waals surface area contributed by atoms with Gasteiger partial charge in [-0.3, -0.25) is 14.4 Å². The van der Waals surface area contributed by atoms with Gasteiger partial charge in [-0.15, -0.1) is 11.3 Å². The number of amides is 3. The van der Waals surface area contributed by atoms with Crippen LogP contribution in [0.25, 0.3) is 10.4 Å². The van der Waals surface area contributed by atoms with Crippen molar-refractivity contribution < 1.29 is 14.4 Å². The Kier molecular flexibility index (Phi) is 6.37. The van der Waals surface area contributed by atoms with Gasteiger partial charge in [0.15, 0.2) is 0 Å². The van der Waals surface area contributed by atoms with E-state index in [0.717, 1.165) is 28.8 Å². The maximum absolute atomic E-state index is 12.8. The molecule has 1 saturated carbocycles. The number of rotatable bonds is 7. The molecule has 3 N–H and O–H groups in total. The lowest BCUT2D eigenvalue weighted by Gasteiger charge is -2.10. The monoisotopic (exact) mass is 447 g/mol.